The van der Waals surface area contributed by atoms with Crippen LogP contribution in [0.5, 0.6) is 0 Å². The first kappa shape index (κ1) is 18.3. The van der Waals surface area contributed by atoms with Crippen molar-refractivity contribution >= 4 is 17.3 Å². The van der Waals surface area contributed by atoms with E-state index in [0.29, 0.717) is 6.54 Å². The maximum absolute atomic E-state index is 12.5. The summed E-state index contributed by atoms with van der Waals surface area (Å²) in [5.41, 5.74) is 8.45. The van der Waals surface area contributed by atoms with Crippen molar-refractivity contribution in [1.29, 1.82) is 0 Å². The molecule has 0 atom stereocenters. The van der Waals surface area contributed by atoms with Gasteiger partial charge in [-0.05, 0) is 53.3 Å². The van der Waals surface area contributed by atoms with E-state index < -0.39 is 0 Å². The number of carbonyl (C=O) groups excluding carboxylic acids is 1. The lowest BCUT2D eigenvalue weighted by Gasteiger charge is -2.28. The average molecular weight is 370 g/mol. The van der Waals surface area contributed by atoms with E-state index in [2.05, 4.69) is 79.7 Å². The van der Waals surface area contributed by atoms with Gasteiger partial charge in [0.2, 0.25) is 5.91 Å². The van der Waals surface area contributed by atoms with Crippen molar-refractivity contribution in [2.75, 3.05) is 23.9 Å². The van der Waals surface area contributed by atoms with Crippen molar-refractivity contribution < 1.29 is 4.79 Å². The first-order chi connectivity index (χ1) is 13.5. The fraction of sp³-hybridized carbons (Fsp3) is 0.240. The van der Waals surface area contributed by atoms with Gasteiger partial charge in [-0.15, -0.1) is 0 Å². The molecular formula is C25H26N2O. The van der Waals surface area contributed by atoms with Crippen molar-refractivity contribution in [3.05, 3.63) is 83.4 Å². The molecule has 1 amide bonds. The molecule has 1 heterocycles. The number of benzene rings is 3. The summed E-state index contributed by atoms with van der Waals surface area (Å²) >= 11 is 0. The maximum atomic E-state index is 12.5. The first-order valence-corrected chi connectivity index (χ1v) is 9.79. The summed E-state index contributed by atoms with van der Waals surface area (Å²) in [5, 5.41) is 0. The van der Waals surface area contributed by atoms with Crippen molar-refractivity contribution in [3.63, 3.8) is 0 Å². The zero-order valence-electron chi connectivity index (χ0n) is 16.8. The highest BCUT2D eigenvalue weighted by molar-refractivity contribution is 5.92. The molecule has 0 bridgehead atoms. The third-order valence-corrected chi connectivity index (χ3v) is 5.56. The Morgan fingerprint density at radius 2 is 1.57 bits per heavy atom. The van der Waals surface area contributed by atoms with Crippen LogP contribution in [-0.2, 0) is 24.2 Å². The number of anilines is 2. The maximum Gasteiger partial charge on any atom is 0.224 e. The first-order valence-electron chi connectivity index (χ1n) is 9.79. The minimum atomic E-state index is 0.0828. The number of hydrogen-bond acceptors (Lipinski definition) is 2. The molecule has 0 saturated carbocycles. The van der Waals surface area contributed by atoms with E-state index in [1.54, 1.807) is 6.92 Å². The van der Waals surface area contributed by atoms with E-state index in [1.807, 2.05) is 11.0 Å². The molecule has 28 heavy (non-hydrogen) atoms. The van der Waals surface area contributed by atoms with Crippen LogP contribution in [0, 0.1) is 0 Å². The molecule has 0 aliphatic carbocycles. The number of nitrogens with zero attached hydrogens (tertiary/aromatic N) is 2. The zero-order valence-corrected chi connectivity index (χ0v) is 16.8. The van der Waals surface area contributed by atoms with E-state index in [9.17, 15) is 4.79 Å². The Morgan fingerprint density at radius 3 is 2.36 bits per heavy atom. The third kappa shape index (κ3) is 3.40. The number of rotatable bonds is 2. The molecule has 3 heteroatoms. The Hall–Kier alpha value is -3.07. The Morgan fingerprint density at radius 1 is 0.857 bits per heavy atom. The Balaban J connectivity index is 1.79. The van der Waals surface area contributed by atoms with E-state index in [4.69, 9.17) is 0 Å². The Labute approximate surface area is 167 Å². The van der Waals surface area contributed by atoms with Gasteiger partial charge in [-0.2, -0.15) is 0 Å². The van der Waals surface area contributed by atoms with Crippen LogP contribution >= 0.6 is 0 Å². The van der Waals surface area contributed by atoms with E-state index >= 15 is 0 Å². The normalized spacial score (nSPS) is 13.2. The molecule has 0 fully saturated rings. The Kier molecular flexibility index (Phi) is 4.91. The van der Waals surface area contributed by atoms with Crippen LogP contribution in [0.4, 0.5) is 11.4 Å². The van der Waals surface area contributed by atoms with Crippen LogP contribution in [-0.4, -0.2) is 20.0 Å². The number of carbonyl (C=O) groups is 1. The molecule has 0 saturated heterocycles. The fourth-order valence-corrected chi connectivity index (χ4v) is 4.08. The van der Waals surface area contributed by atoms with Gasteiger partial charge in [-0.1, -0.05) is 48.5 Å². The molecule has 3 nitrogen and oxygen atoms in total. The topological polar surface area (TPSA) is 23.6 Å². The second-order valence-corrected chi connectivity index (χ2v) is 7.63. The van der Waals surface area contributed by atoms with Gasteiger partial charge in [-0.25, -0.2) is 0 Å². The van der Waals surface area contributed by atoms with Crippen LogP contribution in [0.3, 0.4) is 0 Å². The third-order valence-electron chi connectivity index (χ3n) is 5.56. The van der Waals surface area contributed by atoms with Crippen LogP contribution in [0.25, 0.3) is 11.1 Å². The number of fused-ring (bicyclic) bond motifs is 2. The van der Waals surface area contributed by atoms with Gasteiger partial charge in [-0.3, -0.25) is 4.79 Å². The number of para-hydroxylation sites is 2. The minimum absolute atomic E-state index is 0.0828. The number of aryl methyl sites for hydroxylation is 2. The van der Waals surface area contributed by atoms with E-state index in [1.165, 1.54) is 33.5 Å². The molecule has 3 aromatic carbocycles. The molecule has 0 spiro atoms. The molecule has 0 unspecified atom stereocenters. The summed E-state index contributed by atoms with van der Waals surface area (Å²) in [5.74, 6) is 0.0828. The quantitative estimate of drug-likeness (QED) is 0.629. The summed E-state index contributed by atoms with van der Waals surface area (Å²) in [4.78, 5) is 16.5. The van der Waals surface area contributed by atoms with Crippen molar-refractivity contribution in [3.8, 4) is 11.1 Å². The fourth-order valence-electron chi connectivity index (χ4n) is 4.08. The highest BCUT2D eigenvalue weighted by Crippen LogP contribution is 2.34. The predicted molar refractivity (Wildman–Crippen MR) is 117 cm³/mol. The summed E-state index contributed by atoms with van der Waals surface area (Å²) in [6.45, 7) is 2.27. The van der Waals surface area contributed by atoms with Gasteiger partial charge in [0.15, 0.2) is 0 Å². The number of amides is 1. The number of hydrogen-bond donors (Lipinski definition) is 0. The molecule has 0 N–H and O–H groups in total. The largest absolute Gasteiger partial charge is 0.377 e. The van der Waals surface area contributed by atoms with E-state index in [0.717, 1.165) is 18.5 Å². The van der Waals surface area contributed by atoms with Crippen LogP contribution < -0.4 is 9.80 Å². The van der Waals surface area contributed by atoms with Crippen molar-refractivity contribution in [2.24, 2.45) is 0 Å². The summed E-state index contributed by atoms with van der Waals surface area (Å²) < 4.78 is 0. The molecule has 1 aliphatic heterocycles. The molecule has 0 aromatic heterocycles. The Bertz CT molecular complexity index is 1020. The van der Waals surface area contributed by atoms with Gasteiger partial charge >= 0.3 is 0 Å². The lowest BCUT2D eigenvalue weighted by molar-refractivity contribution is -0.116. The van der Waals surface area contributed by atoms with Crippen molar-refractivity contribution in [2.45, 2.75) is 26.3 Å². The van der Waals surface area contributed by atoms with Gasteiger partial charge in [0.05, 0.1) is 6.54 Å². The van der Waals surface area contributed by atoms with Crippen molar-refractivity contribution in [1.82, 2.24) is 0 Å². The SMILES string of the molecule is CC(=O)N1Cc2cc(-c3ccccc3N(C)C)ccc2CCc2ccccc21. The van der Waals surface area contributed by atoms with Gasteiger partial charge in [0, 0.05) is 38.0 Å². The second kappa shape index (κ2) is 7.51. The lowest BCUT2D eigenvalue weighted by atomic mass is 9.92. The average Bonchev–Trinajstić information content (AvgIpc) is 2.69. The molecule has 0 radical (unpaired) electrons. The van der Waals surface area contributed by atoms with E-state index in [-0.39, 0.29) is 5.91 Å². The second-order valence-electron chi connectivity index (χ2n) is 7.63. The predicted octanol–water partition coefficient (Wildman–Crippen LogP) is 5.07. The molecule has 1 aliphatic rings. The van der Waals surface area contributed by atoms with Gasteiger partial charge < -0.3 is 9.80 Å². The molecular weight excluding hydrogens is 344 g/mol. The van der Waals surface area contributed by atoms with Crippen LogP contribution in [0.1, 0.15) is 23.6 Å². The molecule has 4 rings (SSSR count). The van der Waals surface area contributed by atoms with Gasteiger partial charge in [0.25, 0.3) is 0 Å². The molecule has 3 aromatic rings. The highest BCUT2D eigenvalue weighted by atomic mass is 16.2. The summed E-state index contributed by atoms with van der Waals surface area (Å²) in [6, 6.07) is 23.4. The zero-order chi connectivity index (χ0) is 19.7. The molecule has 142 valence electrons. The monoisotopic (exact) mass is 370 g/mol. The highest BCUT2D eigenvalue weighted by Gasteiger charge is 2.21. The smallest absolute Gasteiger partial charge is 0.224 e. The van der Waals surface area contributed by atoms with Gasteiger partial charge in [0.1, 0.15) is 0 Å². The van der Waals surface area contributed by atoms with Crippen LogP contribution in [0.2, 0.25) is 0 Å². The van der Waals surface area contributed by atoms with Crippen LogP contribution in [0.15, 0.2) is 66.7 Å². The summed E-state index contributed by atoms with van der Waals surface area (Å²) in [6.07, 6.45) is 1.94. The lowest BCUT2D eigenvalue weighted by Crippen LogP contribution is -2.30. The summed E-state index contributed by atoms with van der Waals surface area (Å²) in [7, 11) is 4.14. The minimum Gasteiger partial charge on any atom is -0.377 e. The standard InChI is InChI=1S/C25H26N2O/c1-18(28)27-17-22-16-21(23-9-5-7-11-25(23)26(2)3)15-13-19(22)12-14-20-8-4-6-10-24(20)27/h4-11,13,15-16H,12,14,17H2,1-3H3.